The lowest BCUT2D eigenvalue weighted by atomic mass is 10.1. The van der Waals surface area contributed by atoms with E-state index >= 15 is 0 Å². The van der Waals surface area contributed by atoms with E-state index < -0.39 is 6.03 Å². The van der Waals surface area contributed by atoms with Crippen molar-refractivity contribution in [1.29, 1.82) is 0 Å². The molecule has 7 heteroatoms. The average Bonchev–Trinajstić information content (AvgIpc) is 2.92. The van der Waals surface area contributed by atoms with Crippen LogP contribution in [0.25, 0.3) is 16.9 Å². The minimum absolute atomic E-state index is 0.0298. The molecule has 0 bridgehead atoms. The first kappa shape index (κ1) is 17.5. The Morgan fingerprint density at radius 1 is 1.15 bits per heavy atom. The zero-order valence-electron chi connectivity index (χ0n) is 14.9. The highest BCUT2D eigenvalue weighted by atomic mass is 16.2. The number of anilines is 1. The molecular formula is C19H21N5O2. The topological polar surface area (TPSA) is 94.9 Å². The van der Waals surface area contributed by atoms with E-state index in [1.54, 1.807) is 21.5 Å². The molecule has 134 valence electrons. The van der Waals surface area contributed by atoms with Gasteiger partial charge in [-0.3, -0.25) is 10.1 Å². The van der Waals surface area contributed by atoms with Gasteiger partial charge in [0.25, 0.3) is 5.56 Å². The van der Waals surface area contributed by atoms with Crippen molar-refractivity contribution in [3.05, 3.63) is 64.6 Å². The summed E-state index contributed by atoms with van der Waals surface area (Å²) in [4.78, 5) is 23.5. The summed E-state index contributed by atoms with van der Waals surface area (Å²) in [6, 6.07) is 12.1. The van der Waals surface area contributed by atoms with Crippen LogP contribution in [0.3, 0.4) is 0 Å². The predicted octanol–water partition coefficient (Wildman–Crippen LogP) is 3.08. The van der Waals surface area contributed by atoms with Gasteiger partial charge in [0.05, 0.1) is 11.4 Å². The molecule has 0 fully saturated rings. The van der Waals surface area contributed by atoms with E-state index in [0.29, 0.717) is 11.5 Å². The third-order valence-corrected chi connectivity index (χ3v) is 4.13. The molecule has 2 aromatic heterocycles. The zero-order valence-corrected chi connectivity index (χ0v) is 14.9. The zero-order chi connectivity index (χ0) is 18.8. The van der Waals surface area contributed by atoms with Crippen molar-refractivity contribution in [3.8, 4) is 16.9 Å². The van der Waals surface area contributed by atoms with Crippen molar-refractivity contribution in [2.24, 2.45) is 5.73 Å². The molecule has 26 heavy (non-hydrogen) atoms. The number of benzene rings is 1. The highest BCUT2D eigenvalue weighted by molar-refractivity contribution is 5.89. The number of nitrogens with two attached hydrogens (primary N) is 1. The third kappa shape index (κ3) is 3.23. The van der Waals surface area contributed by atoms with Gasteiger partial charge in [-0.1, -0.05) is 18.2 Å². The molecule has 0 unspecified atom stereocenters. The second-order valence-electron chi connectivity index (χ2n) is 6.32. The standard InChI is InChI=1S/C19H21N5O2/c1-12(2)23-11-14(9-10-16(23)25)17-13(3)18(21-19(20)26)24(22-17)15-7-5-4-6-8-15/h4-12H,1-3H3,(H3,20,21,26). The van der Waals surface area contributed by atoms with Crippen molar-refractivity contribution in [1.82, 2.24) is 14.3 Å². The Morgan fingerprint density at radius 3 is 2.46 bits per heavy atom. The van der Waals surface area contributed by atoms with Gasteiger partial charge in [-0.05, 0) is 39.0 Å². The van der Waals surface area contributed by atoms with E-state index in [1.165, 1.54) is 6.07 Å². The van der Waals surface area contributed by atoms with Gasteiger partial charge in [0.1, 0.15) is 5.82 Å². The van der Waals surface area contributed by atoms with Crippen molar-refractivity contribution in [3.63, 3.8) is 0 Å². The lowest BCUT2D eigenvalue weighted by molar-refractivity contribution is 0.259. The highest BCUT2D eigenvalue weighted by Gasteiger charge is 2.19. The first-order valence-electron chi connectivity index (χ1n) is 8.32. The summed E-state index contributed by atoms with van der Waals surface area (Å²) in [5.41, 5.74) is 8.29. The van der Waals surface area contributed by atoms with Gasteiger partial charge in [-0.25, -0.2) is 9.48 Å². The normalized spacial score (nSPS) is 10.9. The number of aromatic nitrogens is 3. The lowest BCUT2D eigenvalue weighted by Gasteiger charge is -2.10. The second kappa shape index (κ2) is 6.87. The van der Waals surface area contributed by atoms with Gasteiger partial charge < -0.3 is 10.3 Å². The molecule has 0 aliphatic carbocycles. The van der Waals surface area contributed by atoms with Gasteiger partial charge in [-0.15, -0.1) is 0 Å². The summed E-state index contributed by atoms with van der Waals surface area (Å²) in [6.07, 6.45) is 1.78. The molecule has 3 rings (SSSR count). The Labute approximate surface area is 151 Å². The van der Waals surface area contributed by atoms with E-state index in [0.717, 1.165) is 16.8 Å². The van der Waals surface area contributed by atoms with Crippen LogP contribution in [0.5, 0.6) is 0 Å². The van der Waals surface area contributed by atoms with Crippen molar-refractivity contribution >= 4 is 11.8 Å². The number of carbonyl (C=O) groups excluding carboxylic acids is 1. The first-order chi connectivity index (χ1) is 12.4. The summed E-state index contributed by atoms with van der Waals surface area (Å²) in [5, 5.41) is 7.31. The molecule has 2 amide bonds. The Kier molecular flexibility index (Phi) is 4.62. The van der Waals surface area contributed by atoms with Gasteiger partial charge in [0.2, 0.25) is 0 Å². The number of urea groups is 1. The second-order valence-corrected chi connectivity index (χ2v) is 6.32. The summed E-state index contributed by atoms with van der Waals surface area (Å²) >= 11 is 0. The van der Waals surface area contributed by atoms with Gasteiger partial charge in [-0.2, -0.15) is 5.10 Å². The van der Waals surface area contributed by atoms with E-state index in [9.17, 15) is 9.59 Å². The largest absolute Gasteiger partial charge is 0.351 e. The smallest absolute Gasteiger partial charge is 0.317 e. The van der Waals surface area contributed by atoms with Crippen LogP contribution in [0.2, 0.25) is 0 Å². The fourth-order valence-electron chi connectivity index (χ4n) is 2.84. The number of amides is 2. The molecule has 0 atom stereocenters. The molecule has 0 aliphatic rings. The van der Waals surface area contributed by atoms with E-state index in [1.807, 2.05) is 51.1 Å². The van der Waals surface area contributed by atoms with E-state index in [4.69, 9.17) is 5.73 Å². The fourth-order valence-corrected chi connectivity index (χ4v) is 2.84. The highest BCUT2D eigenvalue weighted by Crippen LogP contribution is 2.30. The number of para-hydroxylation sites is 1. The number of rotatable bonds is 4. The Hall–Kier alpha value is -3.35. The quantitative estimate of drug-likeness (QED) is 0.756. The number of pyridine rings is 1. The van der Waals surface area contributed by atoms with Crippen molar-refractivity contribution in [2.45, 2.75) is 26.8 Å². The number of nitrogens with zero attached hydrogens (tertiary/aromatic N) is 3. The number of nitrogens with one attached hydrogen (secondary N) is 1. The molecule has 7 nitrogen and oxygen atoms in total. The molecule has 2 heterocycles. The minimum Gasteiger partial charge on any atom is -0.351 e. The fraction of sp³-hybridized carbons (Fsp3) is 0.211. The summed E-state index contributed by atoms with van der Waals surface area (Å²) in [6.45, 7) is 5.75. The van der Waals surface area contributed by atoms with Gasteiger partial charge in [0, 0.05) is 29.4 Å². The molecular weight excluding hydrogens is 330 g/mol. The van der Waals surface area contributed by atoms with Crippen LogP contribution in [-0.2, 0) is 0 Å². The van der Waals surface area contributed by atoms with Crippen LogP contribution in [0.15, 0.2) is 53.5 Å². The third-order valence-electron chi connectivity index (χ3n) is 4.13. The molecule has 3 N–H and O–H groups in total. The van der Waals surface area contributed by atoms with Crippen LogP contribution < -0.4 is 16.6 Å². The molecule has 0 aliphatic heterocycles. The lowest BCUT2D eigenvalue weighted by Crippen LogP contribution is -2.21. The molecule has 0 spiro atoms. The predicted molar refractivity (Wildman–Crippen MR) is 102 cm³/mol. The van der Waals surface area contributed by atoms with E-state index in [-0.39, 0.29) is 11.6 Å². The molecule has 0 saturated carbocycles. The van der Waals surface area contributed by atoms with Crippen LogP contribution in [0.1, 0.15) is 25.5 Å². The van der Waals surface area contributed by atoms with E-state index in [2.05, 4.69) is 10.4 Å². The minimum atomic E-state index is -0.663. The number of hydrogen-bond donors (Lipinski definition) is 2. The number of hydrogen-bond acceptors (Lipinski definition) is 3. The average molecular weight is 351 g/mol. The Bertz CT molecular complexity index is 1000. The van der Waals surface area contributed by atoms with Crippen LogP contribution in [-0.4, -0.2) is 20.4 Å². The summed E-state index contributed by atoms with van der Waals surface area (Å²) in [5.74, 6) is 0.501. The monoisotopic (exact) mass is 351 g/mol. The maximum absolute atomic E-state index is 12.0. The van der Waals surface area contributed by atoms with Crippen molar-refractivity contribution in [2.75, 3.05) is 5.32 Å². The summed E-state index contributed by atoms with van der Waals surface area (Å²) < 4.78 is 3.29. The first-order valence-corrected chi connectivity index (χ1v) is 8.32. The van der Waals surface area contributed by atoms with Gasteiger partial charge >= 0.3 is 6.03 Å². The maximum Gasteiger partial charge on any atom is 0.317 e. The van der Waals surface area contributed by atoms with Crippen molar-refractivity contribution < 1.29 is 4.79 Å². The van der Waals surface area contributed by atoms with Gasteiger partial charge in [0.15, 0.2) is 0 Å². The van der Waals surface area contributed by atoms with Crippen LogP contribution >= 0.6 is 0 Å². The Morgan fingerprint density at radius 2 is 1.85 bits per heavy atom. The molecule has 3 aromatic rings. The van der Waals surface area contributed by atoms with Crippen LogP contribution in [0, 0.1) is 6.92 Å². The number of primary amides is 1. The number of carbonyl (C=O) groups is 1. The molecule has 0 saturated heterocycles. The summed E-state index contributed by atoms with van der Waals surface area (Å²) in [7, 11) is 0. The Balaban J connectivity index is 2.20. The molecule has 1 aromatic carbocycles. The SMILES string of the molecule is Cc1c(-c2ccc(=O)n(C(C)C)c2)nn(-c2ccccc2)c1NC(N)=O. The maximum atomic E-state index is 12.0. The van der Waals surface area contributed by atoms with Crippen LogP contribution in [0.4, 0.5) is 10.6 Å². The molecule has 0 radical (unpaired) electrons.